The van der Waals surface area contributed by atoms with E-state index in [2.05, 4.69) is 6.92 Å². The molecule has 1 unspecified atom stereocenters. The van der Waals surface area contributed by atoms with E-state index in [0.29, 0.717) is 13.2 Å². The van der Waals surface area contributed by atoms with Gasteiger partial charge in [0, 0.05) is 12.6 Å². The molecule has 4 bridgehead atoms. The van der Waals surface area contributed by atoms with Gasteiger partial charge in [0.25, 0.3) is 0 Å². The van der Waals surface area contributed by atoms with Gasteiger partial charge in [0.05, 0.1) is 13.2 Å². The molecular formula is C19H28N2O3. The van der Waals surface area contributed by atoms with Crippen LogP contribution in [-0.4, -0.2) is 42.5 Å². The van der Waals surface area contributed by atoms with Crippen molar-refractivity contribution in [2.45, 2.75) is 51.6 Å². The van der Waals surface area contributed by atoms with Crippen molar-refractivity contribution >= 4 is 11.8 Å². The molecule has 4 aliphatic carbocycles. The summed E-state index contributed by atoms with van der Waals surface area (Å²) in [7, 11) is 0. The summed E-state index contributed by atoms with van der Waals surface area (Å²) in [6.45, 7) is 3.34. The molecule has 1 heterocycles. The lowest BCUT2D eigenvalue weighted by molar-refractivity contribution is -0.142. The SMILES string of the molecule is CC(=CC(=O)N1CCOC(C(N)=O)C1)C12CC3CC(CC(C3)C1)C2. The summed E-state index contributed by atoms with van der Waals surface area (Å²) in [6.07, 6.45) is 9.19. The molecular weight excluding hydrogens is 304 g/mol. The Morgan fingerprint density at radius 2 is 1.71 bits per heavy atom. The van der Waals surface area contributed by atoms with Gasteiger partial charge in [0.15, 0.2) is 6.10 Å². The Kier molecular flexibility index (Phi) is 3.94. The van der Waals surface area contributed by atoms with Crippen molar-refractivity contribution in [1.29, 1.82) is 0 Å². The van der Waals surface area contributed by atoms with Gasteiger partial charge in [0.1, 0.15) is 0 Å². The maximum Gasteiger partial charge on any atom is 0.248 e. The smallest absolute Gasteiger partial charge is 0.248 e. The number of carbonyl (C=O) groups excluding carboxylic acids is 2. The van der Waals surface area contributed by atoms with Crippen molar-refractivity contribution < 1.29 is 14.3 Å². The van der Waals surface area contributed by atoms with E-state index in [0.717, 1.165) is 17.8 Å². The first-order valence-corrected chi connectivity index (χ1v) is 9.34. The highest BCUT2D eigenvalue weighted by atomic mass is 16.5. The molecule has 1 saturated heterocycles. The van der Waals surface area contributed by atoms with E-state index in [-0.39, 0.29) is 17.9 Å². The van der Waals surface area contributed by atoms with E-state index in [9.17, 15) is 9.59 Å². The van der Waals surface area contributed by atoms with E-state index in [1.165, 1.54) is 44.1 Å². The van der Waals surface area contributed by atoms with Crippen LogP contribution in [0.4, 0.5) is 0 Å². The summed E-state index contributed by atoms with van der Waals surface area (Å²) in [5.41, 5.74) is 6.84. The molecule has 4 saturated carbocycles. The zero-order valence-corrected chi connectivity index (χ0v) is 14.5. The van der Waals surface area contributed by atoms with Crippen LogP contribution >= 0.6 is 0 Å². The van der Waals surface area contributed by atoms with Gasteiger partial charge in [-0.25, -0.2) is 0 Å². The molecule has 0 spiro atoms. The summed E-state index contributed by atoms with van der Waals surface area (Å²) in [5.74, 6) is 2.14. The first-order valence-electron chi connectivity index (χ1n) is 9.34. The number of morpholine rings is 1. The Morgan fingerprint density at radius 1 is 1.12 bits per heavy atom. The zero-order chi connectivity index (χ0) is 16.9. The molecule has 0 aromatic carbocycles. The lowest BCUT2D eigenvalue weighted by atomic mass is 9.48. The third kappa shape index (κ3) is 2.77. The Balaban J connectivity index is 1.48. The Hall–Kier alpha value is -1.36. The summed E-state index contributed by atoms with van der Waals surface area (Å²) in [4.78, 5) is 25.7. The van der Waals surface area contributed by atoms with E-state index in [4.69, 9.17) is 10.5 Å². The van der Waals surface area contributed by atoms with Crippen molar-refractivity contribution in [2.75, 3.05) is 19.7 Å². The van der Waals surface area contributed by atoms with Crippen LogP contribution < -0.4 is 5.73 Å². The number of nitrogens with two attached hydrogens (primary N) is 1. The van der Waals surface area contributed by atoms with Crippen LogP contribution in [0.2, 0.25) is 0 Å². The van der Waals surface area contributed by atoms with Gasteiger partial charge in [-0.1, -0.05) is 5.57 Å². The third-order valence-electron chi connectivity index (χ3n) is 6.91. The van der Waals surface area contributed by atoms with Crippen molar-refractivity contribution in [3.8, 4) is 0 Å². The van der Waals surface area contributed by atoms with Crippen molar-refractivity contribution in [3.05, 3.63) is 11.6 Å². The van der Waals surface area contributed by atoms with Crippen LogP contribution in [0.3, 0.4) is 0 Å². The lowest BCUT2D eigenvalue weighted by Gasteiger charge is -2.57. The number of amides is 2. The number of hydrogen-bond donors (Lipinski definition) is 1. The van der Waals surface area contributed by atoms with Gasteiger partial charge < -0.3 is 15.4 Å². The fourth-order valence-electron chi connectivity index (χ4n) is 6.04. The summed E-state index contributed by atoms with van der Waals surface area (Å²) < 4.78 is 5.34. The van der Waals surface area contributed by atoms with E-state index < -0.39 is 12.0 Å². The second-order valence-electron chi connectivity index (χ2n) is 8.57. The van der Waals surface area contributed by atoms with Crippen molar-refractivity contribution in [3.63, 3.8) is 0 Å². The maximum absolute atomic E-state index is 12.7. The number of allylic oxidation sites excluding steroid dienone is 1. The summed E-state index contributed by atoms with van der Waals surface area (Å²) >= 11 is 0. The highest BCUT2D eigenvalue weighted by Crippen LogP contribution is 2.62. The van der Waals surface area contributed by atoms with Crippen molar-refractivity contribution in [2.24, 2.45) is 28.9 Å². The first kappa shape index (κ1) is 16.1. The Morgan fingerprint density at radius 3 is 2.25 bits per heavy atom. The van der Waals surface area contributed by atoms with Crippen LogP contribution in [0.5, 0.6) is 0 Å². The Labute approximate surface area is 143 Å². The van der Waals surface area contributed by atoms with Gasteiger partial charge in [-0.2, -0.15) is 0 Å². The molecule has 5 nitrogen and oxygen atoms in total. The van der Waals surface area contributed by atoms with Crippen LogP contribution in [0.15, 0.2) is 11.6 Å². The van der Waals surface area contributed by atoms with Crippen LogP contribution in [0, 0.1) is 23.2 Å². The Bertz CT molecular complexity index is 548. The first-order chi connectivity index (χ1) is 11.4. The van der Waals surface area contributed by atoms with Gasteiger partial charge in [-0.15, -0.1) is 0 Å². The predicted molar refractivity (Wildman–Crippen MR) is 89.9 cm³/mol. The average molecular weight is 332 g/mol. The van der Waals surface area contributed by atoms with E-state index in [1.807, 2.05) is 6.08 Å². The minimum absolute atomic E-state index is 0.0118. The standard InChI is InChI=1S/C19H28N2O3/c1-12(4-17(22)21-2-3-24-16(11-21)18(20)23)19-8-13-5-14(9-19)7-15(6-13)10-19/h4,13-16H,2-3,5-11H2,1H3,(H2,20,23). The summed E-state index contributed by atoms with van der Waals surface area (Å²) in [6, 6.07) is 0. The van der Waals surface area contributed by atoms with Gasteiger partial charge in [0.2, 0.25) is 11.8 Å². The van der Waals surface area contributed by atoms with Crippen LogP contribution in [-0.2, 0) is 14.3 Å². The largest absolute Gasteiger partial charge is 0.367 e. The molecule has 0 aromatic rings. The molecule has 5 fully saturated rings. The molecule has 1 atom stereocenters. The molecule has 5 heteroatoms. The average Bonchev–Trinajstić information content (AvgIpc) is 2.53. The van der Waals surface area contributed by atoms with Crippen molar-refractivity contribution in [1.82, 2.24) is 4.90 Å². The third-order valence-corrected chi connectivity index (χ3v) is 6.91. The van der Waals surface area contributed by atoms with E-state index in [1.54, 1.807) is 4.90 Å². The molecule has 132 valence electrons. The molecule has 0 radical (unpaired) electrons. The fourth-order valence-corrected chi connectivity index (χ4v) is 6.04. The molecule has 5 aliphatic rings. The number of hydrogen-bond acceptors (Lipinski definition) is 3. The lowest BCUT2D eigenvalue weighted by Crippen LogP contribution is -2.50. The topological polar surface area (TPSA) is 72.6 Å². The molecule has 2 N–H and O–H groups in total. The second kappa shape index (κ2) is 5.87. The predicted octanol–water partition coefficient (Wildman–Crippen LogP) is 1.86. The molecule has 2 amide bonds. The van der Waals surface area contributed by atoms with Gasteiger partial charge in [-0.05, 0) is 68.6 Å². The highest BCUT2D eigenvalue weighted by molar-refractivity contribution is 5.89. The van der Waals surface area contributed by atoms with Crippen LogP contribution in [0.1, 0.15) is 45.4 Å². The second-order valence-corrected chi connectivity index (χ2v) is 8.57. The monoisotopic (exact) mass is 332 g/mol. The molecule has 1 aliphatic heterocycles. The molecule has 0 aromatic heterocycles. The van der Waals surface area contributed by atoms with Gasteiger partial charge in [-0.3, -0.25) is 9.59 Å². The molecule has 5 rings (SSSR count). The fraction of sp³-hybridized carbons (Fsp3) is 0.789. The zero-order valence-electron chi connectivity index (χ0n) is 14.5. The number of carbonyl (C=O) groups is 2. The molecule has 24 heavy (non-hydrogen) atoms. The number of ether oxygens (including phenoxy) is 1. The minimum atomic E-state index is -0.670. The normalized spacial score (nSPS) is 41.5. The van der Waals surface area contributed by atoms with Gasteiger partial charge >= 0.3 is 0 Å². The number of rotatable bonds is 3. The van der Waals surface area contributed by atoms with Crippen LogP contribution in [0.25, 0.3) is 0 Å². The number of nitrogens with zero attached hydrogens (tertiary/aromatic N) is 1. The summed E-state index contributed by atoms with van der Waals surface area (Å²) in [5, 5.41) is 0. The highest BCUT2D eigenvalue weighted by Gasteiger charge is 2.51. The maximum atomic E-state index is 12.7. The van der Waals surface area contributed by atoms with E-state index >= 15 is 0 Å². The minimum Gasteiger partial charge on any atom is -0.367 e. The quantitative estimate of drug-likeness (QED) is 0.802. The number of primary amides is 1.